The van der Waals surface area contributed by atoms with Gasteiger partial charge in [-0.1, -0.05) is 0 Å². The Labute approximate surface area is 88.0 Å². The number of rotatable bonds is 2. The number of benzene rings is 1. The summed E-state index contributed by atoms with van der Waals surface area (Å²) in [5.74, 6) is 1.25. The maximum absolute atomic E-state index is 11.5. The summed E-state index contributed by atoms with van der Waals surface area (Å²) in [7, 11) is 0. The normalized spacial score (nSPS) is 13.7. The summed E-state index contributed by atoms with van der Waals surface area (Å²) in [5.41, 5.74) is 6.81. The molecule has 0 bridgehead atoms. The molecule has 15 heavy (non-hydrogen) atoms. The maximum atomic E-state index is 11.5. The third kappa shape index (κ3) is 1.80. The van der Waals surface area contributed by atoms with Gasteiger partial charge in [0.15, 0.2) is 17.3 Å². The first-order valence-corrected chi connectivity index (χ1v) is 4.86. The molecule has 0 saturated carbocycles. The predicted octanol–water partition coefficient (Wildman–Crippen LogP) is 0.908. The highest BCUT2D eigenvalue weighted by Gasteiger charge is 2.16. The van der Waals surface area contributed by atoms with Crippen LogP contribution in [0.4, 0.5) is 0 Å². The molecule has 4 heteroatoms. The lowest BCUT2D eigenvalue weighted by molar-refractivity contribution is 0.0999. The van der Waals surface area contributed by atoms with E-state index in [2.05, 4.69) is 0 Å². The van der Waals surface area contributed by atoms with Crippen molar-refractivity contribution in [3.8, 4) is 11.5 Å². The summed E-state index contributed by atoms with van der Waals surface area (Å²) in [5, 5.41) is 0. The molecule has 0 aliphatic carbocycles. The zero-order valence-corrected chi connectivity index (χ0v) is 8.58. The first kappa shape index (κ1) is 9.98. The fraction of sp³-hybridized carbons (Fsp3) is 0.364. The van der Waals surface area contributed by atoms with Gasteiger partial charge in [-0.2, -0.15) is 0 Å². The number of hydrogen-bond donors (Lipinski definition) is 1. The molecule has 0 atom stereocenters. The van der Waals surface area contributed by atoms with E-state index >= 15 is 0 Å². The van der Waals surface area contributed by atoms with Gasteiger partial charge in [-0.05, 0) is 24.6 Å². The second kappa shape index (κ2) is 3.90. The van der Waals surface area contributed by atoms with Crippen molar-refractivity contribution < 1.29 is 14.3 Å². The molecule has 80 valence electrons. The molecule has 4 nitrogen and oxygen atoms in total. The fourth-order valence-electron chi connectivity index (χ4n) is 1.60. The molecule has 1 heterocycles. The van der Waals surface area contributed by atoms with Gasteiger partial charge in [-0.25, -0.2) is 0 Å². The molecule has 2 N–H and O–H groups in total. The van der Waals surface area contributed by atoms with E-state index < -0.39 is 0 Å². The van der Waals surface area contributed by atoms with Gasteiger partial charge in [0.05, 0.1) is 6.54 Å². The van der Waals surface area contributed by atoms with E-state index in [9.17, 15) is 4.79 Å². The average Bonchev–Trinajstić information content (AvgIpc) is 2.27. The Morgan fingerprint density at radius 1 is 1.33 bits per heavy atom. The highest BCUT2D eigenvalue weighted by molar-refractivity contribution is 5.99. The lowest BCUT2D eigenvalue weighted by Crippen LogP contribution is -2.18. The molecule has 1 aromatic rings. The summed E-state index contributed by atoms with van der Waals surface area (Å²) >= 11 is 0. The zero-order chi connectivity index (χ0) is 10.8. The van der Waals surface area contributed by atoms with E-state index in [1.54, 1.807) is 6.07 Å². The highest BCUT2D eigenvalue weighted by atomic mass is 16.6. The fourth-order valence-corrected chi connectivity index (χ4v) is 1.60. The maximum Gasteiger partial charge on any atom is 0.176 e. The number of hydrogen-bond acceptors (Lipinski definition) is 4. The second-order valence-electron chi connectivity index (χ2n) is 3.44. The van der Waals surface area contributed by atoms with Crippen LogP contribution in [0.3, 0.4) is 0 Å². The van der Waals surface area contributed by atoms with E-state index in [-0.39, 0.29) is 12.3 Å². The Bertz CT molecular complexity index is 401. The van der Waals surface area contributed by atoms with E-state index in [1.165, 1.54) is 0 Å². The summed E-state index contributed by atoms with van der Waals surface area (Å²) in [6.45, 7) is 2.95. The Morgan fingerprint density at radius 3 is 2.53 bits per heavy atom. The predicted molar refractivity (Wildman–Crippen MR) is 55.6 cm³/mol. The molecule has 0 radical (unpaired) electrons. The SMILES string of the molecule is Cc1cc2c(cc1C(=O)CN)OCCO2. The minimum absolute atomic E-state index is 0.0144. The van der Waals surface area contributed by atoms with Crippen LogP contribution in [0, 0.1) is 6.92 Å². The number of carbonyl (C=O) groups excluding carboxylic acids is 1. The van der Waals surface area contributed by atoms with Gasteiger partial charge in [-0.3, -0.25) is 4.79 Å². The van der Waals surface area contributed by atoms with Gasteiger partial charge < -0.3 is 15.2 Å². The summed E-state index contributed by atoms with van der Waals surface area (Å²) in [6.07, 6.45) is 0. The van der Waals surface area contributed by atoms with Crippen molar-refractivity contribution in [2.45, 2.75) is 6.92 Å². The topological polar surface area (TPSA) is 61.6 Å². The van der Waals surface area contributed by atoms with Crippen LogP contribution >= 0.6 is 0 Å². The first-order valence-electron chi connectivity index (χ1n) is 4.86. The van der Waals surface area contributed by atoms with Gasteiger partial charge in [0.2, 0.25) is 0 Å². The van der Waals surface area contributed by atoms with Gasteiger partial charge >= 0.3 is 0 Å². The Hall–Kier alpha value is -1.55. The molecule has 2 rings (SSSR count). The van der Waals surface area contributed by atoms with Crippen LogP contribution in [0.2, 0.25) is 0 Å². The van der Waals surface area contributed by atoms with Crippen molar-refractivity contribution in [2.24, 2.45) is 5.73 Å². The minimum atomic E-state index is -0.0792. The molecule has 0 amide bonds. The number of nitrogens with two attached hydrogens (primary N) is 1. The van der Waals surface area contributed by atoms with E-state index in [4.69, 9.17) is 15.2 Å². The lowest BCUT2D eigenvalue weighted by atomic mass is 10.0. The standard InChI is InChI=1S/C11H13NO3/c1-7-4-10-11(15-3-2-14-10)5-8(7)9(13)6-12/h4-5H,2-3,6,12H2,1H3. The van der Waals surface area contributed by atoms with Gasteiger partial charge in [-0.15, -0.1) is 0 Å². The summed E-state index contributed by atoms with van der Waals surface area (Å²) in [6, 6.07) is 3.52. The van der Waals surface area contributed by atoms with Gasteiger partial charge in [0.1, 0.15) is 13.2 Å². The van der Waals surface area contributed by atoms with Crippen molar-refractivity contribution in [1.29, 1.82) is 0 Å². The molecule has 0 saturated heterocycles. The molecule has 0 aromatic heterocycles. The number of Topliss-reactive ketones (excluding diaryl/α,β-unsaturated/α-hetero) is 1. The Morgan fingerprint density at radius 2 is 1.93 bits per heavy atom. The number of fused-ring (bicyclic) bond motifs is 1. The van der Waals surface area contributed by atoms with Crippen LogP contribution in [0.15, 0.2) is 12.1 Å². The molecule has 1 aliphatic rings. The smallest absolute Gasteiger partial charge is 0.176 e. The van der Waals surface area contributed by atoms with E-state index in [0.717, 1.165) is 5.56 Å². The Balaban J connectivity index is 2.44. The average molecular weight is 207 g/mol. The monoisotopic (exact) mass is 207 g/mol. The zero-order valence-electron chi connectivity index (χ0n) is 8.58. The molecular weight excluding hydrogens is 194 g/mol. The molecule has 1 aromatic carbocycles. The summed E-state index contributed by atoms with van der Waals surface area (Å²) < 4.78 is 10.8. The van der Waals surface area contributed by atoms with Crippen molar-refractivity contribution >= 4 is 5.78 Å². The van der Waals surface area contributed by atoms with Gasteiger partial charge in [0, 0.05) is 5.56 Å². The van der Waals surface area contributed by atoms with E-state index in [0.29, 0.717) is 30.3 Å². The number of carbonyl (C=O) groups is 1. The quantitative estimate of drug-likeness (QED) is 0.732. The Kier molecular flexibility index (Phi) is 2.60. The van der Waals surface area contributed by atoms with Crippen LogP contribution in [0.1, 0.15) is 15.9 Å². The summed E-state index contributed by atoms with van der Waals surface area (Å²) in [4.78, 5) is 11.5. The number of ether oxygens (including phenoxy) is 2. The third-order valence-corrected chi connectivity index (χ3v) is 2.37. The van der Waals surface area contributed by atoms with Crippen LogP contribution in [-0.2, 0) is 0 Å². The first-order chi connectivity index (χ1) is 7.22. The van der Waals surface area contributed by atoms with Crippen LogP contribution in [0.5, 0.6) is 11.5 Å². The second-order valence-corrected chi connectivity index (χ2v) is 3.44. The molecular formula is C11H13NO3. The highest BCUT2D eigenvalue weighted by Crippen LogP contribution is 2.32. The van der Waals surface area contributed by atoms with Crippen molar-refractivity contribution in [3.63, 3.8) is 0 Å². The molecule has 0 fully saturated rings. The van der Waals surface area contributed by atoms with Crippen LogP contribution in [0.25, 0.3) is 0 Å². The molecule has 0 unspecified atom stereocenters. The van der Waals surface area contributed by atoms with Gasteiger partial charge in [0.25, 0.3) is 0 Å². The van der Waals surface area contributed by atoms with Crippen molar-refractivity contribution in [2.75, 3.05) is 19.8 Å². The molecule has 0 spiro atoms. The lowest BCUT2D eigenvalue weighted by Gasteiger charge is -2.19. The van der Waals surface area contributed by atoms with E-state index in [1.807, 2.05) is 13.0 Å². The number of ketones is 1. The van der Waals surface area contributed by atoms with Crippen molar-refractivity contribution in [3.05, 3.63) is 23.3 Å². The third-order valence-electron chi connectivity index (χ3n) is 2.37. The van der Waals surface area contributed by atoms with Crippen LogP contribution in [-0.4, -0.2) is 25.5 Å². The minimum Gasteiger partial charge on any atom is -0.486 e. The number of aryl methyl sites for hydroxylation is 1. The van der Waals surface area contributed by atoms with Crippen molar-refractivity contribution in [1.82, 2.24) is 0 Å². The van der Waals surface area contributed by atoms with Crippen LogP contribution < -0.4 is 15.2 Å². The largest absolute Gasteiger partial charge is 0.486 e. The molecule has 1 aliphatic heterocycles.